The standard InChI is InChI=1S/C7H12O2/c1-4-7(9)5(2)6(3)8/h4-5,8-9H,3H2,1-2H3. The van der Waals surface area contributed by atoms with Crippen LogP contribution in [0.25, 0.3) is 0 Å². The summed E-state index contributed by atoms with van der Waals surface area (Å²) in [5.41, 5.74) is 0. The summed E-state index contributed by atoms with van der Waals surface area (Å²) in [7, 11) is 0. The van der Waals surface area contributed by atoms with Crippen LogP contribution < -0.4 is 0 Å². The minimum absolute atomic E-state index is 0.00870. The molecule has 2 heteroatoms. The van der Waals surface area contributed by atoms with Crippen molar-refractivity contribution in [3.8, 4) is 0 Å². The highest BCUT2D eigenvalue weighted by atomic mass is 16.3. The Morgan fingerprint density at radius 2 is 2.00 bits per heavy atom. The van der Waals surface area contributed by atoms with Crippen molar-refractivity contribution in [1.82, 2.24) is 0 Å². The lowest BCUT2D eigenvalue weighted by Crippen LogP contribution is -2.00. The lowest BCUT2D eigenvalue weighted by atomic mass is 10.1. The highest BCUT2D eigenvalue weighted by Crippen LogP contribution is 2.12. The van der Waals surface area contributed by atoms with Crippen LogP contribution in [0.5, 0.6) is 0 Å². The largest absolute Gasteiger partial charge is 0.512 e. The molecule has 1 atom stereocenters. The fourth-order valence-corrected chi connectivity index (χ4v) is 0.421. The Bertz CT molecular complexity index is 136. The summed E-state index contributed by atoms with van der Waals surface area (Å²) in [6.07, 6.45) is 1.53. The number of aliphatic hydroxyl groups excluding tert-OH is 2. The Labute approximate surface area is 55.1 Å². The number of aliphatic hydroxyl groups is 2. The lowest BCUT2D eigenvalue weighted by molar-refractivity contribution is 0.291. The van der Waals surface area contributed by atoms with E-state index in [1.54, 1.807) is 13.8 Å². The third-order valence-electron chi connectivity index (χ3n) is 1.24. The molecule has 0 radical (unpaired) electrons. The predicted octanol–water partition coefficient (Wildman–Crippen LogP) is 2.16. The highest BCUT2D eigenvalue weighted by molar-refractivity contribution is 5.04. The van der Waals surface area contributed by atoms with Gasteiger partial charge in [0, 0.05) is 0 Å². The number of hydrogen-bond acceptors (Lipinski definition) is 2. The first-order valence-corrected chi connectivity index (χ1v) is 2.82. The molecule has 0 amide bonds. The summed E-state index contributed by atoms with van der Waals surface area (Å²) >= 11 is 0. The number of hydrogen-bond donors (Lipinski definition) is 2. The zero-order valence-electron chi connectivity index (χ0n) is 5.76. The molecule has 0 aromatic rings. The molecular weight excluding hydrogens is 116 g/mol. The Balaban J connectivity index is 4.04. The Morgan fingerprint density at radius 3 is 2.11 bits per heavy atom. The molecule has 0 aliphatic carbocycles. The predicted molar refractivity (Wildman–Crippen MR) is 37.3 cm³/mol. The molecule has 0 aromatic carbocycles. The third-order valence-corrected chi connectivity index (χ3v) is 1.24. The molecule has 0 aromatic heterocycles. The summed E-state index contributed by atoms with van der Waals surface area (Å²) in [5, 5.41) is 17.7. The van der Waals surface area contributed by atoms with Crippen LogP contribution in [-0.4, -0.2) is 10.2 Å². The van der Waals surface area contributed by atoms with Crippen LogP contribution >= 0.6 is 0 Å². The van der Waals surface area contributed by atoms with Gasteiger partial charge in [-0.25, -0.2) is 0 Å². The smallest absolute Gasteiger partial charge is 0.0983 e. The van der Waals surface area contributed by atoms with Gasteiger partial charge in [0.2, 0.25) is 0 Å². The first-order chi connectivity index (χ1) is 4.09. The van der Waals surface area contributed by atoms with Crippen LogP contribution in [0.3, 0.4) is 0 Å². The van der Waals surface area contributed by atoms with E-state index in [9.17, 15) is 0 Å². The zero-order valence-corrected chi connectivity index (χ0v) is 5.76. The van der Waals surface area contributed by atoms with E-state index in [0.717, 1.165) is 0 Å². The van der Waals surface area contributed by atoms with Crippen LogP contribution in [0.15, 0.2) is 24.2 Å². The Morgan fingerprint density at radius 1 is 1.56 bits per heavy atom. The van der Waals surface area contributed by atoms with E-state index < -0.39 is 0 Å². The third kappa shape index (κ3) is 2.22. The van der Waals surface area contributed by atoms with Crippen LogP contribution in [0.4, 0.5) is 0 Å². The van der Waals surface area contributed by atoms with Crippen LogP contribution in [0, 0.1) is 5.92 Å². The van der Waals surface area contributed by atoms with Crippen molar-refractivity contribution >= 4 is 0 Å². The second kappa shape index (κ2) is 3.17. The fraction of sp³-hybridized carbons (Fsp3) is 0.429. The van der Waals surface area contributed by atoms with Crippen molar-refractivity contribution in [2.24, 2.45) is 5.92 Å². The molecule has 2 N–H and O–H groups in total. The number of allylic oxidation sites excluding steroid dienone is 1. The molecule has 2 nitrogen and oxygen atoms in total. The van der Waals surface area contributed by atoms with Gasteiger partial charge in [-0.2, -0.15) is 0 Å². The summed E-state index contributed by atoms with van der Waals surface area (Å²) in [5.74, 6) is -0.192. The summed E-state index contributed by atoms with van der Waals surface area (Å²) < 4.78 is 0. The molecular formula is C7H12O2. The first kappa shape index (κ1) is 8.08. The maximum Gasteiger partial charge on any atom is 0.0983 e. The van der Waals surface area contributed by atoms with Gasteiger partial charge < -0.3 is 10.2 Å². The van der Waals surface area contributed by atoms with E-state index in [-0.39, 0.29) is 17.4 Å². The number of rotatable bonds is 2. The van der Waals surface area contributed by atoms with Gasteiger partial charge in [0.15, 0.2) is 0 Å². The second-order valence-electron chi connectivity index (χ2n) is 1.93. The van der Waals surface area contributed by atoms with Crippen molar-refractivity contribution in [3.05, 3.63) is 24.2 Å². The minimum Gasteiger partial charge on any atom is -0.512 e. The zero-order chi connectivity index (χ0) is 7.44. The van der Waals surface area contributed by atoms with Gasteiger partial charge in [0.05, 0.1) is 17.4 Å². The molecule has 0 rings (SSSR count). The minimum atomic E-state index is -0.338. The highest BCUT2D eigenvalue weighted by Gasteiger charge is 2.07. The maximum atomic E-state index is 8.94. The van der Waals surface area contributed by atoms with E-state index in [1.165, 1.54) is 6.08 Å². The fourth-order valence-electron chi connectivity index (χ4n) is 0.421. The van der Waals surface area contributed by atoms with Crippen LogP contribution in [-0.2, 0) is 0 Å². The lowest BCUT2D eigenvalue weighted by Gasteiger charge is -2.06. The van der Waals surface area contributed by atoms with Gasteiger partial charge in [-0.3, -0.25) is 0 Å². The molecule has 0 aliphatic heterocycles. The molecule has 1 unspecified atom stereocenters. The molecule has 0 heterocycles. The Kier molecular flexibility index (Phi) is 2.85. The van der Waals surface area contributed by atoms with Gasteiger partial charge in [0.25, 0.3) is 0 Å². The quantitative estimate of drug-likeness (QED) is 0.559. The average molecular weight is 128 g/mol. The molecule has 52 valence electrons. The molecule has 0 saturated carbocycles. The van der Waals surface area contributed by atoms with E-state index in [1.807, 2.05) is 0 Å². The first-order valence-electron chi connectivity index (χ1n) is 2.82. The van der Waals surface area contributed by atoms with Crippen molar-refractivity contribution in [2.75, 3.05) is 0 Å². The van der Waals surface area contributed by atoms with E-state index in [0.29, 0.717) is 0 Å². The van der Waals surface area contributed by atoms with Crippen LogP contribution in [0.2, 0.25) is 0 Å². The van der Waals surface area contributed by atoms with Crippen molar-refractivity contribution in [2.45, 2.75) is 13.8 Å². The second-order valence-corrected chi connectivity index (χ2v) is 1.93. The van der Waals surface area contributed by atoms with Crippen molar-refractivity contribution in [3.63, 3.8) is 0 Å². The summed E-state index contributed by atoms with van der Waals surface area (Å²) in [4.78, 5) is 0. The van der Waals surface area contributed by atoms with Gasteiger partial charge in [0.1, 0.15) is 0 Å². The monoisotopic (exact) mass is 128 g/mol. The molecule has 0 bridgehead atoms. The van der Waals surface area contributed by atoms with Crippen molar-refractivity contribution < 1.29 is 10.2 Å². The van der Waals surface area contributed by atoms with Crippen LogP contribution in [0.1, 0.15) is 13.8 Å². The van der Waals surface area contributed by atoms with Crippen molar-refractivity contribution in [1.29, 1.82) is 0 Å². The van der Waals surface area contributed by atoms with E-state index in [4.69, 9.17) is 10.2 Å². The molecule has 0 aliphatic rings. The topological polar surface area (TPSA) is 40.5 Å². The molecule has 0 fully saturated rings. The molecule has 9 heavy (non-hydrogen) atoms. The SMILES string of the molecule is C=C(O)C(C)C(O)=CC. The summed E-state index contributed by atoms with van der Waals surface area (Å²) in [6.45, 7) is 6.66. The van der Waals surface area contributed by atoms with Gasteiger partial charge in [-0.05, 0) is 19.9 Å². The van der Waals surface area contributed by atoms with Gasteiger partial charge in [-0.15, -0.1) is 0 Å². The average Bonchev–Trinajstić information content (AvgIpc) is 1.84. The van der Waals surface area contributed by atoms with E-state index in [2.05, 4.69) is 6.58 Å². The van der Waals surface area contributed by atoms with E-state index >= 15 is 0 Å². The molecule has 0 saturated heterocycles. The summed E-state index contributed by atoms with van der Waals surface area (Å²) in [6, 6.07) is 0. The maximum absolute atomic E-state index is 8.94. The Hall–Kier alpha value is -0.920. The normalized spacial score (nSPS) is 15.1. The van der Waals surface area contributed by atoms with Gasteiger partial charge >= 0.3 is 0 Å². The van der Waals surface area contributed by atoms with Gasteiger partial charge in [-0.1, -0.05) is 6.58 Å². The molecule has 0 spiro atoms.